The molecular formula is C27H36O12. The van der Waals surface area contributed by atoms with Crippen LogP contribution in [0.2, 0.25) is 0 Å². The second-order valence-electron chi connectivity index (χ2n) is 10.1. The Kier molecular flexibility index (Phi) is 9.84. The lowest BCUT2D eigenvalue weighted by Gasteiger charge is -2.36. The summed E-state index contributed by atoms with van der Waals surface area (Å²) in [5.74, 6) is -1.84. The van der Waals surface area contributed by atoms with E-state index >= 15 is 0 Å². The predicted molar refractivity (Wildman–Crippen MR) is 129 cm³/mol. The Morgan fingerprint density at radius 3 is 2.08 bits per heavy atom. The van der Waals surface area contributed by atoms with Gasteiger partial charge in [0.05, 0.1) is 45.2 Å². The van der Waals surface area contributed by atoms with Crippen molar-refractivity contribution < 1.29 is 57.9 Å². The SMILES string of the molecule is CCOC(=O)C1(C(=O)OCCCCCOC(=O)C2(CC)CC3(CO)C=CC2O3)CC2C=CC1(CO)O2.O=C=O. The van der Waals surface area contributed by atoms with Crippen molar-refractivity contribution in [2.24, 2.45) is 10.8 Å². The second kappa shape index (κ2) is 12.5. The van der Waals surface area contributed by atoms with Gasteiger partial charge in [-0.05, 0) is 32.6 Å². The second-order valence-corrected chi connectivity index (χ2v) is 10.1. The van der Waals surface area contributed by atoms with E-state index in [1.165, 1.54) is 0 Å². The van der Waals surface area contributed by atoms with E-state index in [4.69, 9.17) is 33.3 Å². The normalized spacial score (nSPS) is 34.8. The Labute approximate surface area is 226 Å². The van der Waals surface area contributed by atoms with E-state index in [-0.39, 0.29) is 51.1 Å². The van der Waals surface area contributed by atoms with Gasteiger partial charge in [0.15, 0.2) is 0 Å². The van der Waals surface area contributed by atoms with E-state index in [0.29, 0.717) is 32.1 Å². The van der Waals surface area contributed by atoms with E-state index in [1.54, 1.807) is 19.1 Å². The highest BCUT2D eigenvalue weighted by Gasteiger charge is 2.71. The third-order valence-corrected chi connectivity index (χ3v) is 8.03. The predicted octanol–water partition coefficient (Wildman–Crippen LogP) is 0.785. The molecule has 0 amide bonds. The first-order valence-electron chi connectivity index (χ1n) is 13.2. The molecule has 4 bridgehead atoms. The van der Waals surface area contributed by atoms with E-state index in [1.807, 2.05) is 19.1 Å². The summed E-state index contributed by atoms with van der Waals surface area (Å²) in [6.07, 6.45) is 9.08. The molecule has 0 radical (unpaired) electrons. The summed E-state index contributed by atoms with van der Waals surface area (Å²) in [6, 6.07) is 0. The number of hydrogen-bond acceptors (Lipinski definition) is 12. The summed E-state index contributed by atoms with van der Waals surface area (Å²) in [5.41, 5.74) is -4.78. The van der Waals surface area contributed by atoms with E-state index in [9.17, 15) is 24.6 Å². The molecule has 2 saturated heterocycles. The number of fused-ring (bicyclic) bond motifs is 4. The van der Waals surface area contributed by atoms with Gasteiger partial charge in [-0.25, -0.2) is 0 Å². The number of rotatable bonds is 13. The Bertz CT molecular complexity index is 1020. The Morgan fingerprint density at radius 1 is 0.897 bits per heavy atom. The lowest BCUT2D eigenvalue weighted by atomic mass is 9.68. The number of unbranched alkanes of at least 4 members (excludes halogenated alkanes) is 2. The van der Waals surface area contributed by atoms with Crippen molar-refractivity contribution in [2.75, 3.05) is 33.0 Å². The molecule has 2 N–H and O–H groups in total. The number of aliphatic hydroxyl groups is 2. The zero-order valence-corrected chi connectivity index (χ0v) is 22.2. The first-order valence-corrected chi connectivity index (χ1v) is 13.2. The molecule has 0 spiro atoms. The van der Waals surface area contributed by atoms with Crippen LogP contribution in [-0.4, -0.2) is 90.7 Å². The van der Waals surface area contributed by atoms with Gasteiger partial charge in [-0.2, -0.15) is 9.59 Å². The molecule has 4 aliphatic rings. The highest BCUT2D eigenvalue weighted by Crippen LogP contribution is 2.54. The molecule has 6 atom stereocenters. The maximum atomic E-state index is 13.1. The molecule has 0 aromatic rings. The smallest absolute Gasteiger partial charge is 0.373 e. The Balaban J connectivity index is 0.00000134. The molecule has 39 heavy (non-hydrogen) atoms. The van der Waals surface area contributed by atoms with Gasteiger partial charge in [-0.15, -0.1) is 0 Å². The van der Waals surface area contributed by atoms with Gasteiger partial charge >= 0.3 is 24.1 Å². The minimum absolute atomic E-state index is 0.0638. The first-order chi connectivity index (χ1) is 18.7. The van der Waals surface area contributed by atoms with E-state index < -0.39 is 46.7 Å². The van der Waals surface area contributed by atoms with Gasteiger partial charge in [0.2, 0.25) is 5.41 Å². The lowest BCUT2D eigenvalue weighted by molar-refractivity contribution is -0.192. The number of carbonyl (C=O) groups is 3. The fourth-order valence-corrected chi connectivity index (χ4v) is 5.92. The number of carbonyl (C=O) groups excluding carboxylic acids is 5. The topological polar surface area (TPSA) is 172 Å². The summed E-state index contributed by atoms with van der Waals surface area (Å²) in [5, 5.41) is 19.7. The molecule has 12 heteroatoms. The fraction of sp³-hybridized carbons (Fsp3) is 0.704. The number of esters is 3. The van der Waals surface area contributed by atoms with Crippen molar-refractivity contribution in [3.05, 3.63) is 24.3 Å². The van der Waals surface area contributed by atoms with E-state index in [2.05, 4.69) is 0 Å². The number of hydrogen-bond donors (Lipinski definition) is 2. The third kappa shape index (κ3) is 5.31. The standard InChI is InChI=1S/C26H36O10.CO2/c1-3-24(15-23(16-27)10-9-19(24)36-23)20(29)33-12-6-5-7-13-34-22(31)26(21(30)32-4-2)14-18-8-11-25(26,17-28)35-18;2-1-3/h8-11,18-19,27-28H,3-7,12-17H2,1-2H3;. The van der Waals surface area contributed by atoms with Crippen LogP contribution in [0.25, 0.3) is 0 Å². The summed E-state index contributed by atoms with van der Waals surface area (Å²) in [4.78, 5) is 55.0. The van der Waals surface area contributed by atoms with Crippen LogP contribution < -0.4 is 0 Å². The zero-order chi connectivity index (χ0) is 28.7. The van der Waals surface area contributed by atoms with Gasteiger partial charge in [-0.3, -0.25) is 14.4 Å². The van der Waals surface area contributed by atoms with Gasteiger partial charge in [0.1, 0.15) is 16.6 Å². The van der Waals surface area contributed by atoms with Crippen LogP contribution >= 0.6 is 0 Å². The first kappa shape index (κ1) is 30.6. The maximum Gasteiger partial charge on any atom is 0.373 e. The average molecular weight is 553 g/mol. The van der Waals surface area contributed by atoms with Gasteiger partial charge in [0, 0.05) is 12.8 Å². The molecule has 0 aliphatic carbocycles. The highest BCUT2D eigenvalue weighted by atomic mass is 16.6. The molecular weight excluding hydrogens is 516 g/mol. The molecule has 4 heterocycles. The molecule has 0 saturated carbocycles. The molecule has 216 valence electrons. The largest absolute Gasteiger partial charge is 0.465 e. The van der Waals surface area contributed by atoms with Gasteiger partial charge in [0.25, 0.3) is 0 Å². The van der Waals surface area contributed by atoms with Crippen LogP contribution in [0.1, 0.15) is 52.4 Å². The van der Waals surface area contributed by atoms with Crippen LogP contribution in [0.4, 0.5) is 0 Å². The molecule has 0 aromatic heterocycles. The Morgan fingerprint density at radius 2 is 1.54 bits per heavy atom. The third-order valence-electron chi connectivity index (χ3n) is 8.03. The summed E-state index contributed by atoms with van der Waals surface area (Å²) >= 11 is 0. The van der Waals surface area contributed by atoms with Crippen LogP contribution in [0, 0.1) is 10.8 Å². The summed E-state index contributed by atoms with van der Waals surface area (Å²) in [6.45, 7) is 3.23. The van der Waals surface area contributed by atoms with Crippen LogP contribution in [-0.2, 0) is 47.7 Å². The van der Waals surface area contributed by atoms with Crippen LogP contribution in [0.5, 0.6) is 0 Å². The van der Waals surface area contributed by atoms with Crippen molar-refractivity contribution in [2.45, 2.75) is 75.8 Å². The number of ether oxygens (including phenoxy) is 5. The monoisotopic (exact) mass is 552 g/mol. The molecule has 12 nitrogen and oxygen atoms in total. The fourth-order valence-electron chi connectivity index (χ4n) is 5.92. The quantitative estimate of drug-likeness (QED) is 0.108. The van der Waals surface area contributed by atoms with Crippen molar-refractivity contribution in [1.29, 1.82) is 0 Å². The highest BCUT2D eigenvalue weighted by molar-refractivity contribution is 6.03. The molecule has 4 rings (SSSR count). The molecule has 2 fully saturated rings. The summed E-state index contributed by atoms with van der Waals surface area (Å²) < 4.78 is 27.8. The van der Waals surface area contributed by atoms with Crippen molar-refractivity contribution >= 4 is 24.1 Å². The maximum absolute atomic E-state index is 13.1. The van der Waals surface area contributed by atoms with Crippen LogP contribution in [0.3, 0.4) is 0 Å². The van der Waals surface area contributed by atoms with Gasteiger partial charge in [-0.1, -0.05) is 31.2 Å². The zero-order valence-electron chi connectivity index (χ0n) is 22.2. The summed E-state index contributed by atoms with van der Waals surface area (Å²) in [7, 11) is 0. The van der Waals surface area contributed by atoms with Crippen molar-refractivity contribution in [3.63, 3.8) is 0 Å². The molecule has 6 unspecified atom stereocenters. The minimum atomic E-state index is -1.73. The van der Waals surface area contributed by atoms with Crippen molar-refractivity contribution in [1.82, 2.24) is 0 Å². The minimum Gasteiger partial charge on any atom is -0.465 e. The molecule has 0 aromatic carbocycles. The van der Waals surface area contributed by atoms with Crippen LogP contribution in [0.15, 0.2) is 24.3 Å². The average Bonchev–Trinajstić information content (AvgIpc) is 3.71. The Hall–Kier alpha value is -2.89. The lowest BCUT2D eigenvalue weighted by Crippen LogP contribution is -2.57. The molecule has 4 aliphatic heterocycles. The van der Waals surface area contributed by atoms with Gasteiger partial charge < -0.3 is 33.9 Å². The number of aliphatic hydroxyl groups excluding tert-OH is 2. The van der Waals surface area contributed by atoms with Crippen molar-refractivity contribution in [3.8, 4) is 0 Å². The van der Waals surface area contributed by atoms with E-state index in [0.717, 1.165) is 0 Å².